The van der Waals surface area contributed by atoms with Crippen molar-refractivity contribution in [3.63, 3.8) is 0 Å². The lowest BCUT2D eigenvalue weighted by atomic mass is 9.97. The van der Waals surface area contributed by atoms with Crippen molar-refractivity contribution in [2.75, 3.05) is 0 Å². The summed E-state index contributed by atoms with van der Waals surface area (Å²) in [5.41, 5.74) is 0. The van der Waals surface area contributed by atoms with E-state index in [0.717, 1.165) is 12.3 Å². The molecule has 0 saturated heterocycles. The molecule has 0 bridgehead atoms. The third-order valence-electron chi connectivity index (χ3n) is 3.24. The monoisotopic (exact) mass is 236 g/mol. The second-order valence-electron chi connectivity index (χ2n) is 5.03. The SMILES string of the molecule is CC(C)CCCCC1CCCC1(Cl)Cl. The molecule has 0 radical (unpaired) electrons. The standard InChI is InChI=1S/C12H22Cl2/c1-10(2)6-3-4-7-11-8-5-9-12(11,13)14/h10-11H,3-9H2,1-2H3. The van der Waals surface area contributed by atoms with E-state index in [9.17, 15) is 0 Å². The first-order valence-corrected chi connectivity index (χ1v) is 6.66. The van der Waals surface area contributed by atoms with E-state index >= 15 is 0 Å². The van der Waals surface area contributed by atoms with Crippen molar-refractivity contribution in [2.45, 2.75) is 63.1 Å². The number of hydrogen-bond acceptors (Lipinski definition) is 0. The maximum Gasteiger partial charge on any atom is 0.121 e. The second-order valence-corrected chi connectivity index (χ2v) is 6.57. The molecule has 0 spiro atoms. The number of rotatable bonds is 5. The number of unbranched alkanes of at least 4 members (excludes halogenated alkanes) is 1. The Morgan fingerprint density at radius 1 is 1.29 bits per heavy atom. The first-order chi connectivity index (χ1) is 6.52. The van der Waals surface area contributed by atoms with E-state index in [0.29, 0.717) is 5.92 Å². The van der Waals surface area contributed by atoms with Gasteiger partial charge in [0.25, 0.3) is 0 Å². The lowest BCUT2D eigenvalue weighted by molar-refractivity contribution is 0.434. The van der Waals surface area contributed by atoms with Gasteiger partial charge in [-0.05, 0) is 31.1 Å². The normalized spacial score (nSPS) is 25.9. The van der Waals surface area contributed by atoms with Gasteiger partial charge in [-0.3, -0.25) is 0 Å². The van der Waals surface area contributed by atoms with Crippen LogP contribution in [-0.4, -0.2) is 4.33 Å². The van der Waals surface area contributed by atoms with Gasteiger partial charge in [0.1, 0.15) is 4.33 Å². The fourth-order valence-electron chi connectivity index (χ4n) is 2.30. The van der Waals surface area contributed by atoms with Gasteiger partial charge in [-0.2, -0.15) is 0 Å². The summed E-state index contributed by atoms with van der Waals surface area (Å²) in [6.45, 7) is 4.56. The topological polar surface area (TPSA) is 0 Å². The zero-order valence-electron chi connectivity index (χ0n) is 9.36. The third kappa shape index (κ3) is 3.98. The molecule has 1 unspecified atom stereocenters. The number of hydrogen-bond donors (Lipinski definition) is 0. The summed E-state index contributed by atoms with van der Waals surface area (Å²) in [5, 5.41) is 0. The predicted octanol–water partition coefficient (Wildman–Crippen LogP) is 5.18. The van der Waals surface area contributed by atoms with Gasteiger partial charge in [-0.15, -0.1) is 23.2 Å². The Hall–Kier alpha value is 0.580. The van der Waals surface area contributed by atoms with Crippen LogP contribution >= 0.6 is 23.2 Å². The third-order valence-corrected chi connectivity index (χ3v) is 4.24. The van der Waals surface area contributed by atoms with Crippen molar-refractivity contribution in [1.82, 2.24) is 0 Å². The fourth-order valence-corrected chi connectivity index (χ4v) is 3.00. The van der Waals surface area contributed by atoms with Crippen LogP contribution in [0.1, 0.15) is 58.8 Å². The number of halogens is 2. The lowest BCUT2D eigenvalue weighted by Gasteiger charge is -2.21. The molecule has 1 saturated carbocycles. The first kappa shape index (κ1) is 12.6. The highest BCUT2D eigenvalue weighted by Crippen LogP contribution is 2.46. The molecule has 0 amide bonds. The van der Waals surface area contributed by atoms with Crippen LogP contribution in [0.25, 0.3) is 0 Å². The lowest BCUT2D eigenvalue weighted by Crippen LogP contribution is -2.18. The van der Waals surface area contributed by atoms with Gasteiger partial charge < -0.3 is 0 Å². The van der Waals surface area contributed by atoms with E-state index in [4.69, 9.17) is 23.2 Å². The quantitative estimate of drug-likeness (QED) is 0.456. The summed E-state index contributed by atoms with van der Waals surface area (Å²) in [7, 11) is 0. The summed E-state index contributed by atoms with van der Waals surface area (Å²) < 4.78 is -0.405. The van der Waals surface area contributed by atoms with Crippen molar-refractivity contribution >= 4 is 23.2 Å². The minimum absolute atomic E-state index is 0.405. The Labute approximate surface area is 98.4 Å². The molecule has 2 heteroatoms. The largest absolute Gasteiger partial charge is 0.121 e. The molecule has 1 aliphatic rings. The molecule has 0 heterocycles. The van der Waals surface area contributed by atoms with Gasteiger partial charge in [0.2, 0.25) is 0 Å². The van der Waals surface area contributed by atoms with E-state index < -0.39 is 4.33 Å². The van der Waals surface area contributed by atoms with E-state index in [2.05, 4.69) is 13.8 Å². The second kappa shape index (κ2) is 5.61. The molecule has 0 aromatic rings. The highest BCUT2D eigenvalue weighted by molar-refractivity contribution is 6.48. The Bertz CT molecular complexity index is 164. The molecular weight excluding hydrogens is 215 g/mol. The van der Waals surface area contributed by atoms with Crippen LogP contribution in [-0.2, 0) is 0 Å². The van der Waals surface area contributed by atoms with E-state index in [1.807, 2.05) is 0 Å². The van der Waals surface area contributed by atoms with Crippen LogP contribution in [0, 0.1) is 11.8 Å². The van der Waals surface area contributed by atoms with Crippen LogP contribution in [0.3, 0.4) is 0 Å². The van der Waals surface area contributed by atoms with Crippen LogP contribution in [0.2, 0.25) is 0 Å². The molecule has 1 aliphatic carbocycles. The van der Waals surface area contributed by atoms with Gasteiger partial charge in [-0.1, -0.05) is 39.5 Å². The van der Waals surface area contributed by atoms with Crippen LogP contribution in [0.5, 0.6) is 0 Å². The first-order valence-electron chi connectivity index (χ1n) is 5.90. The van der Waals surface area contributed by atoms with Gasteiger partial charge >= 0.3 is 0 Å². The summed E-state index contributed by atoms with van der Waals surface area (Å²) in [5.74, 6) is 1.38. The minimum atomic E-state index is -0.405. The zero-order valence-corrected chi connectivity index (χ0v) is 10.9. The van der Waals surface area contributed by atoms with Crippen LogP contribution < -0.4 is 0 Å². The molecule has 14 heavy (non-hydrogen) atoms. The maximum absolute atomic E-state index is 6.24. The molecule has 0 aliphatic heterocycles. The molecule has 0 nitrogen and oxygen atoms in total. The smallest absolute Gasteiger partial charge is 0.101 e. The van der Waals surface area contributed by atoms with Crippen LogP contribution in [0.4, 0.5) is 0 Å². The van der Waals surface area contributed by atoms with E-state index in [-0.39, 0.29) is 0 Å². The molecule has 1 rings (SSSR count). The van der Waals surface area contributed by atoms with Crippen molar-refractivity contribution in [2.24, 2.45) is 11.8 Å². The van der Waals surface area contributed by atoms with Gasteiger partial charge in [-0.25, -0.2) is 0 Å². The average molecular weight is 237 g/mol. The van der Waals surface area contributed by atoms with E-state index in [1.165, 1.54) is 38.5 Å². The Morgan fingerprint density at radius 3 is 2.50 bits per heavy atom. The fraction of sp³-hybridized carbons (Fsp3) is 1.00. The Morgan fingerprint density at radius 2 is 2.00 bits per heavy atom. The number of alkyl halides is 2. The average Bonchev–Trinajstić information content (AvgIpc) is 2.39. The van der Waals surface area contributed by atoms with Crippen molar-refractivity contribution in [3.05, 3.63) is 0 Å². The van der Waals surface area contributed by atoms with Crippen LogP contribution in [0.15, 0.2) is 0 Å². The molecule has 1 fully saturated rings. The highest BCUT2D eigenvalue weighted by Gasteiger charge is 2.38. The Kier molecular flexibility index (Phi) is 5.06. The highest BCUT2D eigenvalue weighted by atomic mass is 35.5. The predicted molar refractivity (Wildman–Crippen MR) is 65.1 cm³/mol. The molecule has 0 aromatic heterocycles. The van der Waals surface area contributed by atoms with E-state index in [1.54, 1.807) is 0 Å². The van der Waals surface area contributed by atoms with Crippen molar-refractivity contribution in [1.29, 1.82) is 0 Å². The molecule has 0 N–H and O–H groups in total. The summed E-state index contributed by atoms with van der Waals surface area (Å²) >= 11 is 12.5. The molecule has 0 aromatic carbocycles. The van der Waals surface area contributed by atoms with Gasteiger partial charge in [0, 0.05) is 0 Å². The Balaban J connectivity index is 2.12. The summed E-state index contributed by atoms with van der Waals surface area (Å²) in [6.07, 6.45) is 8.62. The molecule has 1 atom stereocenters. The van der Waals surface area contributed by atoms with Gasteiger partial charge in [0.15, 0.2) is 0 Å². The van der Waals surface area contributed by atoms with Crippen molar-refractivity contribution < 1.29 is 0 Å². The zero-order chi connectivity index (χ0) is 10.6. The van der Waals surface area contributed by atoms with Gasteiger partial charge in [0.05, 0.1) is 0 Å². The maximum atomic E-state index is 6.24. The molecular formula is C12H22Cl2. The summed E-state index contributed by atoms with van der Waals surface area (Å²) in [6, 6.07) is 0. The summed E-state index contributed by atoms with van der Waals surface area (Å²) in [4.78, 5) is 0. The minimum Gasteiger partial charge on any atom is -0.101 e. The molecule has 84 valence electrons. The van der Waals surface area contributed by atoms with Crippen molar-refractivity contribution in [3.8, 4) is 0 Å².